The Balaban J connectivity index is 1.53. The molecule has 0 aromatic heterocycles. The van der Waals surface area contributed by atoms with Crippen molar-refractivity contribution in [2.24, 2.45) is 11.0 Å². The van der Waals surface area contributed by atoms with E-state index >= 15 is 0 Å². The number of hydrogen-bond acceptors (Lipinski definition) is 4. The summed E-state index contributed by atoms with van der Waals surface area (Å²) in [5.41, 5.74) is 2.60. The molecule has 1 amide bonds. The SMILES string of the molecule is C=C(CCC(=O)N1N=CCC1c1cc(C)cc(F)c1)CN1CCC(C#N)C1. The van der Waals surface area contributed by atoms with Crippen molar-refractivity contribution in [2.45, 2.75) is 38.6 Å². The van der Waals surface area contributed by atoms with Crippen molar-refractivity contribution in [1.29, 1.82) is 5.26 Å². The maximum absolute atomic E-state index is 13.7. The summed E-state index contributed by atoms with van der Waals surface area (Å²) in [7, 11) is 0. The summed E-state index contributed by atoms with van der Waals surface area (Å²) in [6.45, 7) is 8.33. The van der Waals surface area contributed by atoms with Gasteiger partial charge in [0.25, 0.3) is 0 Å². The summed E-state index contributed by atoms with van der Waals surface area (Å²) in [6.07, 6.45) is 4.13. The summed E-state index contributed by atoms with van der Waals surface area (Å²) in [4.78, 5) is 14.9. The number of carbonyl (C=O) groups is 1. The second kappa shape index (κ2) is 8.45. The number of amides is 1. The maximum Gasteiger partial charge on any atom is 0.243 e. The molecule has 3 rings (SSSR count). The van der Waals surface area contributed by atoms with Gasteiger partial charge in [-0.3, -0.25) is 9.69 Å². The van der Waals surface area contributed by atoms with Gasteiger partial charge in [-0.2, -0.15) is 10.4 Å². The van der Waals surface area contributed by atoms with E-state index in [0.717, 1.165) is 42.8 Å². The van der Waals surface area contributed by atoms with Gasteiger partial charge >= 0.3 is 0 Å². The van der Waals surface area contributed by atoms with E-state index in [0.29, 0.717) is 19.3 Å². The van der Waals surface area contributed by atoms with Crippen LogP contribution >= 0.6 is 0 Å². The third-order valence-corrected chi connectivity index (χ3v) is 5.13. The normalized spacial score (nSPS) is 22.2. The van der Waals surface area contributed by atoms with Gasteiger partial charge in [-0.1, -0.05) is 18.2 Å². The van der Waals surface area contributed by atoms with Crippen LogP contribution in [-0.2, 0) is 4.79 Å². The van der Waals surface area contributed by atoms with Crippen LogP contribution < -0.4 is 0 Å². The van der Waals surface area contributed by atoms with Gasteiger partial charge in [0, 0.05) is 32.1 Å². The van der Waals surface area contributed by atoms with Crippen LogP contribution in [0, 0.1) is 30.0 Å². The Morgan fingerprint density at radius 2 is 2.22 bits per heavy atom. The number of likely N-dealkylation sites (tertiary alicyclic amines) is 1. The molecule has 0 saturated carbocycles. The molecular weight excluding hydrogens is 343 g/mol. The number of halogens is 1. The fraction of sp³-hybridized carbons (Fsp3) is 0.476. The Bertz CT molecular complexity index is 778. The summed E-state index contributed by atoms with van der Waals surface area (Å²) in [5.74, 6) is -0.263. The summed E-state index contributed by atoms with van der Waals surface area (Å²) >= 11 is 0. The van der Waals surface area contributed by atoms with Crippen molar-refractivity contribution < 1.29 is 9.18 Å². The van der Waals surface area contributed by atoms with E-state index in [2.05, 4.69) is 22.6 Å². The molecule has 5 nitrogen and oxygen atoms in total. The number of benzene rings is 1. The Hall–Kier alpha value is -2.52. The third-order valence-electron chi connectivity index (χ3n) is 5.13. The molecule has 2 atom stereocenters. The highest BCUT2D eigenvalue weighted by Crippen LogP contribution is 2.30. The van der Waals surface area contributed by atoms with Crippen LogP contribution in [0.15, 0.2) is 35.5 Å². The zero-order valence-corrected chi connectivity index (χ0v) is 15.7. The second-order valence-electron chi connectivity index (χ2n) is 7.45. The average molecular weight is 368 g/mol. The van der Waals surface area contributed by atoms with Crippen LogP contribution in [0.5, 0.6) is 0 Å². The Kier molecular flexibility index (Phi) is 6.02. The van der Waals surface area contributed by atoms with Gasteiger partial charge in [-0.05, 0) is 49.6 Å². The lowest BCUT2D eigenvalue weighted by Gasteiger charge is -2.23. The highest BCUT2D eigenvalue weighted by atomic mass is 19.1. The first-order valence-corrected chi connectivity index (χ1v) is 9.36. The highest BCUT2D eigenvalue weighted by Gasteiger charge is 2.29. The van der Waals surface area contributed by atoms with Gasteiger partial charge in [-0.25, -0.2) is 9.40 Å². The topological polar surface area (TPSA) is 59.7 Å². The molecule has 0 aliphatic carbocycles. The largest absolute Gasteiger partial charge is 0.298 e. The summed E-state index contributed by atoms with van der Waals surface area (Å²) in [6, 6.07) is 6.92. The molecule has 0 spiro atoms. The molecule has 1 aromatic rings. The minimum atomic E-state index is -0.293. The number of aryl methyl sites for hydroxylation is 1. The van der Waals surface area contributed by atoms with E-state index < -0.39 is 0 Å². The van der Waals surface area contributed by atoms with Crippen LogP contribution in [0.2, 0.25) is 0 Å². The van der Waals surface area contributed by atoms with Gasteiger partial charge < -0.3 is 0 Å². The van der Waals surface area contributed by atoms with Crippen molar-refractivity contribution in [1.82, 2.24) is 9.91 Å². The van der Waals surface area contributed by atoms with E-state index in [1.807, 2.05) is 13.0 Å². The molecule has 2 aliphatic rings. The van der Waals surface area contributed by atoms with Crippen molar-refractivity contribution in [3.8, 4) is 6.07 Å². The molecule has 27 heavy (non-hydrogen) atoms. The quantitative estimate of drug-likeness (QED) is 0.721. The van der Waals surface area contributed by atoms with Gasteiger partial charge in [-0.15, -0.1) is 0 Å². The van der Waals surface area contributed by atoms with E-state index in [1.54, 1.807) is 6.21 Å². The van der Waals surface area contributed by atoms with Gasteiger partial charge in [0.1, 0.15) is 5.82 Å². The molecule has 2 aliphatic heterocycles. The minimum absolute atomic E-state index is 0.0758. The molecule has 2 heterocycles. The zero-order chi connectivity index (χ0) is 19.4. The van der Waals surface area contributed by atoms with E-state index in [1.165, 1.54) is 17.1 Å². The standard InChI is InChI=1S/C21H25FN4O/c1-15(13-25-8-6-17(12-23)14-25)3-4-21(27)26-20(5-7-24-26)18-9-16(2)10-19(22)11-18/h7,9-11,17,20H,1,3-6,8,13-14H2,2H3. The van der Waals surface area contributed by atoms with Crippen LogP contribution in [0.3, 0.4) is 0 Å². The lowest BCUT2D eigenvalue weighted by atomic mass is 10.0. The highest BCUT2D eigenvalue weighted by molar-refractivity contribution is 5.80. The molecule has 1 saturated heterocycles. The monoisotopic (exact) mass is 368 g/mol. The molecule has 6 heteroatoms. The zero-order valence-electron chi connectivity index (χ0n) is 15.7. The maximum atomic E-state index is 13.7. The van der Waals surface area contributed by atoms with Gasteiger partial charge in [0.2, 0.25) is 5.91 Å². The molecular formula is C21H25FN4O. The van der Waals surface area contributed by atoms with E-state index in [-0.39, 0.29) is 23.7 Å². The number of carbonyl (C=O) groups excluding carboxylic acids is 1. The van der Waals surface area contributed by atoms with Crippen LogP contribution in [0.4, 0.5) is 4.39 Å². The summed E-state index contributed by atoms with van der Waals surface area (Å²) < 4.78 is 13.7. The van der Waals surface area contributed by atoms with Crippen LogP contribution in [0.1, 0.15) is 42.9 Å². The predicted octanol–water partition coefficient (Wildman–Crippen LogP) is 3.58. The lowest BCUT2D eigenvalue weighted by Crippen LogP contribution is -2.28. The van der Waals surface area contributed by atoms with Crippen molar-refractivity contribution in [3.63, 3.8) is 0 Å². The van der Waals surface area contributed by atoms with Gasteiger partial charge in [0.15, 0.2) is 0 Å². The molecule has 0 radical (unpaired) electrons. The number of hydrazone groups is 1. The first-order chi connectivity index (χ1) is 13.0. The van der Waals surface area contributed by atoms with E-state index in [4.69, 9.17) is 5.26 Å². The average Bonchev–Trinajstić information content (AvgIpc) is 3.28. The first-order valence-electron chi connectivity index (χ1n) is 9.36. The van der Waals surface area contributed by atoms with Crippen molar-refractivity contribution in [2.75, 3.05) is 19.6 Å². The lowest BCUT2D eigenvalue weighted by molar-refractivity contribution is -0.133. The van der Waals surface area contributed by atoms with Gasteiger partial charge in [0.05, 0.1) is 18.0 Å². The molecule has 142 valence electrons. The molecule has 1 aromatic carbocycles. The number of nitriles is 1. The van der Waals surface area contributed by atoms with E-state index in [9.17, 15) is 9.18 Å². The Morgan fingerprint density at radius 1 is 1.41 bits per heavy atom. The smallest absolute Gasteiger partial charge is 0.243 e. The molecule has 2 unspecified atom stereocenters. The van der Waals surface area contributed by atoms with Crippen molar-refractivity contribution in [3.05, 3.63) is 47.3 Å². The second-order valence-corrected chi connectivity index (χ2v) is 7.45. The van der Waals surface area contributed by atoms with Crippen LogP contribution in [0.25, 0.3) is 0 Å². The summed E-state index contributed by atoms with van der Waals surface area (Å²) in [5, 5.41) is 14.7. The predicted molar refractivity (Wildman–Crippen MR) is 102 cm³/mol. The molecule has 1 fully saturated rings. The fourth-order valence-electron chi connectivity index (χ4n) is 3.76. The first kappa shape index (κ1) is 19.2. The van der Waals surface area contributed by atoms with Crippen LogP contribution in [-0.4, -0.2) is 41.7 Å². The number of nitrogens with zero attached hydrogens (tertiary/aromatic N) is 4. The minimum Gasteiger partial charge on any atom is -0.298 e. The molecule has 0 N–H and O–H groups in total. The molecule has 0 bridgehead atoms. The Labute approximate surface area is 159 Å². The third kappa shape index (κ3) is 4.81. The fourth-order valence-corrected chi connectivity index (χ4v) is 3.76. The Morgan fingerprint density at radius 3 is 2.93 bits per heavy atom. The van der Waals surface area contributed by atoms with Crippen molar-refractivity contribution >= 4 is 12.1 Å². The number of rotatable bonds is 6. The number of hydrogen-bond donors (Lipinski definition) is 0.